The molecule has 0 unspecified atom stereocenters. The minimum atomic E-state index is 0. The van der Waals surface area contributed by atoms with Crippen molar-refractivity contribution >= 4 is 14.9 Å². The summed E-state index contributed by atoms with van der Waals surface area (Å²) in [5.74, 6) is 0. The molecule has 0 amide bonds. The summed E-state index contributed by atoms with van der Waals surface area (Å²) in [5.41, 5.74) is 15.1. The number of fused-ring (bicyclic) bond motifs is 2. The fourth-order valence-corrected chi connectivity index (χ4v) is 8.55. The van der Waals surface area contributed by atoms with Crippen LogP contribution < -0.4 is 35.3 Å². The standard InChI is InChI=1S/C30H37.C13H10.2ClH.Zr/c1-7-20-17-21(8-2)27-23(18-20)19-25-28(27)24(9-3)26(10-4)30(11-5,12-6)29(25)22-15-13-14-16-22;1-3-7-12(8-4-1)11-13-9-5-2-6-10-13;;;/h13-15,17-18H,7-12,16H2,1-6H3;1-10H;2*1H;/q-1;;;;+2/p-2. The predicted molar refractivity (Wildman–Crippen MR) is 187 cm³/mol. The van der Waals surface area contributed by atoms with Crippen LogP contribution in [-0.4, -0.2) is 3.21 Å². The topological polar surface area (TPSA) is 0 Å². The van der Waals surface area contributed by atoms with Gasteiger partial charge >= 0.3 is 99.2 Å². The van der Waals surface area contributed by atoms with Crippen molar-refractivity contribution in [3.05, 3.63) is 152 Å². The van der Waals surface area contributed by atoms with Crippen LogP contribution in [0, 0.1) is 5.41 Å². The van der Waals surface area contributed by atoms with Crippen LogP contribution >= 0.6 is 0 Å². The summed E-state index contributed by atoms with van der Waals surface area (Å²) in [7, 11) is 0. The number of hydrogen-bond donors (Lipinski definition) is 0. The zero-order chi connectivity index (χ0) is 31.3. The van der Waals surface area contributed by atoms with Crippen LogP contribution in [0.1, 0.15) is 95.9 Å². The van der Waals surface area contributed by atoms with Gasteiger partial charge in [0, 0.05) is 0 Å². The summed E-state index contributed by atoms with van der Waals surface area (Å²) in [4.78, 5) is 0. The van der Waals surface area contributed by atoms with E-state index < -0.39 is 0 Å². The molecule has 0 saturated carbocycles. The van der Waals surface area contributed by atoms with Gasteiger partial charge in [-0.25, -0.2) is 0 Å². The van der Waals surface area contributed by atoms with E-state index in [0.717, 1.165) is 32.1 Å². The quantitative estimate of drug-likeness (QED) is 0.297. The van der Waals surface area contributed by atoms with E-state index in [9.17, 15) is 0 Å². The first-order valence-electron chi connectivity index (χ1n) is 16.8. The molecule has 3 aliphatic carbocycles. The molecule has 238 valence electrons. The molecule has 3 heteroatoms. The van der Waals surface area contributed by atoms with E-state index in [1.54, 1.807) is 16.7 Å². The molecular weight excluding hydrogens is 679 g/mol. The summed E-state index contributed by atoms with van der Waals surface area (Å²) in [6.07, 6.45) is 18.7. The van der Waals surface area contributed by atoms with Gasteiger partial charge in [-0.05, 0) is 50.4 Å². The van der Waals surface area contributed by atoms with Gasteiger partial charge in [-0.2, -0.15) is 0 Å². The van der Waals surface area contributed by atoms with Gasteiger partial charge in [-0.3, -0.25) is 0 Å². The molecule has 46 heavy (non-hydrogen) atoms. The zero-order valence-electron chi connectivity index (χ0n) is 28.4. The van der Waals surface area contributed by atoms with Crippen LogP contribution in [0.5, 0.6) is 0 Å². The molecule has 0 N–H and O–H groups in total. The fourth-order valence-electron chi connectivity index (χ4n) is 7.74. The predicted octanol–water partition coefficient (Wildman–Crippen LogP) is 3.56. The first-order chi connectivity index (χ1) is 21.5. The average Bonchev–Trinajstić information content (AvgIpc) is 3.75. The third kappa shape index (κ3) is 7.09. The number of hydrogen-bond acceptors (Lipinski definition) is 0. The summed E-state index contributed by atoms with van der Waals surface area (Å²) < 4.78 is 1.42. The van der Waals surface area contributed by atoms with Crippen molar-refractivity contribution in [2.75, 3.05) is 0 Å². The molecule has 0 atom stereocenters. The Hall–Kier alpha value is -2.31. The maximum atomic E-state index is 3.98. The van der Waals surface area contributed by atoms with E-state index in [1.165, 1.54) is 89.7 Å². The van der Waals surface area contributed by atoms with Crippen molar-refractivity contribution in [1.82, 2.24) is 0 Å². The van der Waals surface area contributed by atoms with Gasteiger partial charge in [0.25, 0.3) is 0 Å². The van der Waals surface area contributed by atoms with E-state index in [2.05, 4.69) is 139 Å². The summed E-state index contributed by atoms with van der Waals surface area (Å²) in [6, 6.07) is 26.0. The van der Waals surface area contributed by atoms with Gasteiger partial charge in [0.1, 0.15) is 0 Å². The third-order valence-corrected chi connectivity index (χ3v) is 11.4. The molecule has 0 aromatic heterocycles. The molecule has 3 aliphatic rings. The Bertz CT molecular complexity index is 1740. The van der Waals surface area contributed by atoms with Crippen molar-refractivity contribution in [2.24, 2.45) is 5.41 Å². The number of aryl methyl sites for hydroxylation is 2. The molecular formula is C43H47Cl2Zr-. The third-order valence-electron chi connectivity index (χ3n) is 9.93. The Labute approximate surface area is 305 Å². The van der Waals surface area contributed by atoms with E-state index in [-0.39, 0.29) is 30.2 Å². The number of benzene rings is 3. The molecule has 0 radical (unpaired) electrons. The van der Waals surface area contributed by atoms with E-state index in [0.29, 0.717) is 0 Å². The number of allylic oxidation sites excluding steroid dienone is 8. The van der Waals surface area contributed by atoms with Crippen LogP contribution in [-0.2, 0) is 37.1 Å². The molecule has 6 rings (SSSR count). The molecule has 0 aliphatic heterocycles. The monoisotopic (exact) mass is 723 g/mol. The van der Waals surface area contributed by atoms with Gasteiger partial charge < -0.3 is 24.8 Å². The fraction of sp³-hybridized carbons (Fsp3) is 0.326. The van der Waals surface area contributed by atoms with E-state index in [4.69, 9.17) is 0 Å². The van der Waals surface area contributed by atoms with Crippen molar-refractivity contribution in [1.29, 1.82) is 0 Å². The Kier molecular flexibility index (Phi) is 14.3. The molecule has 0 bridgehead atoms. The Morgan fingerprint density at radius 2 is 1.37 bits per heavy atom. The van der Waals surface area contributed by atoms with Crippen molar-refractivity contribution in [2.45, 2.75) is 86.5 Å². The second kappa shape index (κ2) is 17.2. The SMILES string of the molecule is CCC1=C(CC)C(CC)(CC)C(C2=CC=CC2)=C2[C-]=c3cc(CC)cc(CC)c3=C21.[Cl-].[Cl-].[Zr+2]=[C](c1ccccc1)c1ccccc1. The van der Waals surface area contributed by atoms with Gasteiger partial charge in [0.05, 0.1) is 0 Å². The molecule has 0 spiro atoms. The maximum absolute atomic E-state index is 3.98. The second-order valence-corrected chi connectivity index (χ2v) is 13.2. The van der Waals surface area contributed by atoms with Gasteiger partial charge in [0.15, 0.2) is 0 Å². The van der Waals surface area contributed by atoms with Crippen LogP contribution in [0.25, 0.3) is 11.6 Å². The average molecular weight is 726 g/mol. The van der Waals surface area contributed by atoms with Crippen molar-refractivity contribution in [3.8, 4) is 0 Å². The molecule has 0 fully saturated rings. The van der Waals surface area contributed by atoms with Crippen molar-refractivity contribution in [3.63, 3.8) is 0 Å². The van der Waals surface area contributed by atoms with Crippen LogP contribution in [0.2, 0.25) is 0 Å². The summed E-state index contributed by atoms with van der Waals surface area (Å²) in [6.45, 7) is 14.1. The van der Waals surface area contributed by atoms with Gasteiger partial charge in [0.2, 0.25) is 0 Å². The number of rotatable bonds is 9. The normalized spacial score (nSPS) is 15.6. The van der Waals surface area contributed by atoms with Gasteiger partial charge in [-0.15, -0.1) is 33.7 Å². The Balaban J connectivity index is 0.000000304. The number of halogens is 2. The molecule has 0 heterocycles. The zero-order valence-corrected chi connectivity index (χ0v) is 32.3. The molecule has 3 aromatic carbocycles. The van der Waals surface area contributed by atoms with E-state index in [1.807, 2.05) is 0 Å². The first-order valence-corrected chi connectivity index (χ1v) is 18.0. The van der Waals surface area contributed by atoms with Gasteiger partial charge in [-0.1, -0.05) is 99.3 Å². The minimum absolute atomic E-state index is 0. The van der Waals surface area contributed by atoms with E-state index >= 15 is 0 Å². The van der Waals surface area contributed by atoms with Crippen LogP contribution in [0.4, 0.5) is 0 Å². The Morgan fingerprint density at radius 1 is 0.761 bits per heavy atom. The summed E-state index contributed by atoms with van der Waals surface area (Å²) >= 11 is 1.46. The van der Waals surface area contributed by atoms with Crippen LogP contribution in [0.15, 0.2) is 119 Å². The van der Waals surface area contributed by atoms with Crippen molar-refractivity contribution < 1.29 is 49.0 Å². The summed E-state index contributed by atoms with van der Waals surface area (Å²) in [5, 5.41) is 2.82. The van der Waals surface area contributed by atoms with Crippen LogP contribution in [0.3, 0.4) is 0 Å². The molecule has 0 saturated heterocycles. The molecule has 0 nitrogen and oxygen atoms in total. The first kappa shape index (κ1) is 38.1. The Morgan fingerprint density at radius 3 is 1.83 bits per heavy atom. The molecule has 3 aromatic rings. The second-order valence-electron chi connectivity index (χ2n) is 12.0.